The smallest absolute Gasteiger partial charge is 0.276 e. The molecule has 0 aromatic carbocycles. The van der Waals surface area contributed by atoms with Crippen LogP contribution in [0.2, 0.25) is 5.02 Å². The molecular weight excluding hydrogens is 262 g/mol. The van der Waals surface area contributed by atoms with E-state index in [1.807, 2.05) is 6.26 Å². The zero-order valence-corrected chi connectivity index (χ0v) is 10.3. The highest BCUT2D eigenvalue weighted by Crippen LogP contribution is 2.17. The van der Waals surface area contributed by atoms with Gasteiger partial charge in [0.1, 0.15) is 0 Å². The third-order valence-corrected chi connectivity index (χ3v) is 2.71. The van der Waals surface area contributed by atoms with Gasteiger partial charge in [0.05, 0.1) is 23.1 Å². The molecule has 2 rings (SSSR count). The molecule has 6 nitrogen and oxygen atoms in total. The van der Waals surface area contributed by atoms with Crippen molar-refractivity contribution < 1.29 is 4.79 Å². The molecule has 0 aliphatic rings. The van der Waals surface area contributed by atoms with E-state index in [1.165, 1.54) is 24.2 Å². The summed E-state index contributed by atoms with van der Waals surface area (Å²) in [6.07, 6.45) is 6.27. The second kappa shape index (κ2) is 5.15. The first kappa shape index (κ1) is 11.9. The molecule has 2 N–H and O–H groups in total. The fraction of sp³-hybridized carbons (Fsp3) is 0.111. The maximum Gasteiger partial charge on any atom is 0.276 e. The highest BCUT2D eigenvalue weighted by molar-refractivity contribution is 7.98. The van der Waals surface area contributed by atoms with Gasteiger partial charge < -0.3 is 5.32 Å². The number of hydrogen-bond donors (Lipinski definition) is 2. The Bertz CT molecular complexity index is 530. The number of halogens is 1. The predicted octanol–water partition coefficient (Wildman–Crippen LogP) is 1.83. The molecule has 2 aromatic rings. The number of nitrogens with zero attached hydrogens (tertiary/aromatic N) is 3. The predicted molar refractivity (Wildman–Crippen MR) is 65.4 cm³/mol. The molecule has 0 saturated heterocycles. The van der Waals surface area contributed by atoms with Crippen molar-refractivity contribution in [1.82, 2.24) is 20.2 Å². The normalized spacial score (nSPS) is 10.2. The van der Waals surface area contributed by atoms with Gasteiger partial charge in [0.15, 0.2) is 10.9 Å². The molecule has 0 saturated carbocycles. The molecule has 0 radical (unpaired) electrons. The molecule has 8 heteroatoms. The lowest BCUT2D eigenvalue weighted by Gasteiger charge is -2.04. The van der Waals surface area contributed by atoms with Crippen molar-refractivity contribution in [2.75, 3.05) is 11.6 Å². The Balaban J connectivity index is 2.24. The van der Waals surface area contributed by atoms with E-state index in [-0.39, 0.29) is 10.7 Å². The lowest BCUT2D eigenvalue weighted by Crippen LogP contribution is -2.14. The minimum absolute atomic E-state index is 0.146. The summed E-state index contributed by atoms with van der Waals surface area (Å²) in [4.78, 5) is 19.9. The second-order valence-corrected chi connectivity index (χ2v) is 4.17. The van der Waals surface area contributed by atoms with Gasteiger partial charge in [-0.1, -0.05) is 23.4 Å². The first-order chi connectivity index (χ1) is 8.20. The molecule has 2 heterocycles. The minimum atomic E-state index is -0.394. The van der Waals surface area contributed by atoms with E-state index in [4.69, 9.17) is 11.6 Å². The average molecular weight is 270 g/mol. The lowest BCUT2D eigenvalue weighted by atomic mass is 10.3. The summed E-state index contributed by atoms with van der Waals surface area (Å²) < 4.78 is 0. The van der Waals surface area contributed by atoms with E-state index in [0.717, 1.165) is 0 Å². The first-order valence-corrected chi connectivity index (χ1v) is 6.17. The number of amides is 1. The third-order valence-electron chi connectivity index (χ3n) is 1.88. The molecule has 0 aliphatic heterocycles. The number of thioether (sulfide) groups is 1. The van der Waals surface area contributed by atoms with Crippen LogP contribution in [0.3, 0.4) is 0 Å². The Morgan fingerprint density at radius 3 is 3.00 bits per heavy atom. The summed E-state index contributed by atoms with van der Waals surface area (Å²) in [5.74, 6) is -0.394. The Kier molecular flexibility index (Phi) is 3.60. The fourth-order valence-corrected chi connectivity index (χ4v) is 1.64. The van der Waals surface area contributed by atoms with Crippen LogP contribution in [-0.4, -0.2) is 32.3 Å². The molecule has 0 aliphatic carbocycles. The number of nitrogens with one attached hydrogen (secondary N) is 2. The van der Waals surface area contributed by atoms with Crippen LogP contribution in [0.5, 0.6) is 0 Å². The summed E-state index contributed by atoms with van der Waals surface area (Å²) in [7, 11) is 0. The highest BCUT2D eigenvalue weighted by atomic mass is 35.5. The van der Waals surface area contributed by atoms with Crippen LogP contribution in [0, 0.1) is 0 Å². The standard InChI is InChI=1S/C9H8ClN5OS/c1-17-9-11-4-6(10)7(15-9)8(16)14-5-2-12-13-3-5/h2-4H,1H3,(H,12,13)(H,14,16). The largest absolute Gasteiger partial charge is 0.318 e. The van der Waals surface area contributed by atoms with Crippen molar-refractivity contribution in [2.45, 2.75) is 5.16 Å². The van der Waals surface area contributed by atoms with E-state index in [0.29, 0.717) is 10.8 Å². The second-order valence-electron chi connectivity index (χ2n) is 2.99. The molecule has 0 spiro atoms. The highest BCUT2D eigenvalue weighted by Gasteiger charge is 2.14. The van der Waals surface area contributed by atoms with Gasteiger partial charge in [-0.2, -0.15) is 5.10 Å². The van der Waals surface area contributed by atoms with Gasteiger partial charge in [0.2, 0.25) is 0 Å². The van der Waals surface area contributed by atoms with E-state index in [2.05, 4.69) is 25.5 Å². The average Bonchev–Trinajstić information content (AvgIpc) is 2.82. The van der Waals surface area contributed by atoms with Crippen molar-refractivity contribution in [3.63, 3.8) is 0 Å². The Hall–Kier alpha value is -1.60. The van der Waals surface area contributed by atoms with Crippen molar-refractivity contribution in [1.29, 1.82) is 0 Å². The minimum Gasteiger partial charge on any atom is -0.318 e. The van der Waals surface area contributed by atoms with E-state index >= 15 is 0 Å². The maximum atomic E-state index is 11.9. The van der Waals surface area contributed by atoms with Gasteiger partial charge in [-0.3, -0.25) is 9.89 Å². The van der Waals surface area contributed by atoms with Crippen LogP contribution in [0.4, 0.5) is 5.69 Å². The van der Waals surface area contributed by atoms with Crippen molar-refractivity contribution in [2.24, 2.45) is 0 Å². The van der Waals surface area contributed by atoms with Gasteiger partial charge in [-0.15, -0.1) is 0 Å². The Morgan fingerprint density at radius 1 is 1.53 bits per heavy atom. The maximum absolute atomic E-state index is 11.9. The van der Waals surface area contributed by atoms with E-state index < -0.39 is 5.91 Å². The van der Waals surface area contributed by atoms with Gasteiger partial charge in [0.25, 0.3) is 5.91 Å². The SMILES string of the molecule is CSc1ncc(Cl)c(C(=O)Nc2cn[nH]c2)n1. The zero-order chi connectivity index (χ0) is 12.3. The number of aromatic nitrogens is 4. The number of H-pyrrole nitrogens is 1. The van der Waals surface area contributed by atoms with Gasteiger partial charge in [-0.25, -0.2) is 9.97 Å². The Labute approximate surface area is 106 Å². The number of hydrogen-bond acceptors (Lipinski definition) is 5. The number of rotatable bonds is 3. The molecule has 0 fully saturated rings. The monoisotopic (exact) mass is 269 g/mol. The zero-order valence-electron chi connectivity index (χ0n) is 8.77. The molecule has 2 aromatic heterocycles. The number of carbonyl (C=O) groups excluding carboxylic acids is 1. The van der Waals surface area contributed by atoms with Crippen LogP contribution < -0.4 is 5.32 Å². The van der Waals surface area contributed by atoms with E-state index in [1.54, 1.807) is 6.20 Å². The Morgan fingerprint density at radius 2 is 2.35 bits per heavy atom. The fourth-order valence-electron chi connectivity index (χ4n) is 1.12. The van der Waals surface area contributed by atoms with Crippen molar-refractivity contribution in [3.05, 3.63) is 29.3 Å². The summed E-state index contributed by atoms with van der Waals surface area (Å²) in [5, 5.41) is 9.62. The topological polar surface area (TPSA) is 83.6 Å². The van der Waals surface area contributed by atoms with Crippen molar-refractivity contribution in [3.8, 4) is 0 Å². The van der Waals surface area contributed by atoms with E-state index in [9.17, 15) is 4.79 Å². The lowest BCUT2D eigenvalue weighted by molar-refractivity contribution is 0.102. The molecular formula is C9H8ClN5OS. The summed E-state index contributed by atoms with van der Waals surface area (Å²) >= 11 is 7.21. The molecule has 0 unspecified atom stereocenters. The molecule has 0 atom stereocenters. The molecule has 0 bridgehead atoms. The van der Waals surface area contributed by atoms with Crippen LogP contribution in [-0.2, 0) is 0 Å². The summed E-state index contributed by atoms with van der Waals surface area (Å²) in [5.41, 5.74) is 0.697. The molecule has 1 amide bonds. The van der Waals surface area contributed by atoms with Crippen LogP contribution in [0.15, 0.2) is 23.7 Å². The third kappa shape index (κ3) is 2.75. The number of anilines is 1. The first-order valence-electron chi connectivity index (χ1n) is 4.57. The van der Waals surface area contributed by atoms with Crippen LogP contribution in [0.1, 0.15) is 10.5 Å². The van der Waals surface area contributed by atoms with Crippen LogP contribution >= 0.6 is 23.4 Å². The molecule has 88 valence electrons. The van der Waals surface area contributed by atoms with Gasteiger partial charge >= 0.3 is 0 Å². The van der Waals surface area contributed by atoms with Crippen LogP contribution in [0.25, 0.3) is 0 Å². The number of aromatic amines is 1. The number of carbonyl (C=O) groups is 1. The quantitative estimate of drug-likeness (QED) is 0.656. The molecule has 17 heavy (non-hydrogen) atoms. The van der Waals surface area contributed by atoms with Crippen molar-refractivity contribution >= 4 is 35.0 Å². The van der Waals surface area contributed by atoms with Gasteiger partial charge in [-0.05, 0) is 6.26 Å². The van der Waals surface area contributed by atoms with Gasteiger partial charge in [0, 0.05) is 6.20 Å². The summed E-state index contributed by atoms with van der Waals surface area (Å²) in [6.45, 7) is 0. The summed E-state index contributed by atoms with van der Waals surface area (Å²) in [6, 6.07) is 0.